The molecule has 2 bridgehead atoms. The Balaban J connectivity index is 1.30. The number of carboxylic acid groups (broad SMARTS) is 1. The Kier molecular flexibility index (Phi) is 7.39. The van der Waals surface area contributed by atoms with E-state index in [0.717, 1.165) is 5.56 Å². The number of piperidine rings is 2. The van der Waals surface area contributed by atoms with Gasteiger partial charge in [-0.1, -0.05) is 51.1 Å². The molecule has 1 aromatic rings. The molecule has 0 saturated carbocycles. The van der Waals surface area contributed by atoms with Gasteiger partial charge in [0.05, 0.1) is 6.04 Å². The first-order valence-electron chi connectivity index (χ1n) is 12.4. The fourth-order valence-corrected chi connectivity index (χ4v) is 5.35. The Hall–Kier alpha value is -3.34. The lowest BCUT2D eigenvalue weighted by Crippen LogP contribution is -2.57. The van der Waals surface area contributed by atoms with Crippen LogP contribution < -0.4 is 10.9 Å². The fraction of sp³-hybridized carbons (Fsp3) is 0.600. The van der Waals surface area contributed by atoms with E-state index in [1.807, 2.05) is 51.1 Å². The van der Waals surface area contributed by atoms with Gasteiger partial charge in [-0.25, -0.2) is 9.59 Å². The van der Waals surface area contributed by atoms with Crippen LogP contribution in [0.2, 0.25) is 0 Å². The van der Waals surface area contributed by atoms with Crippen molar-refractivity contribution in [3.63, 3.8) is 0 Å². The SMILES string of the molecule is CC(C)(C)C1CC(C(=O)NNC(=O)[C@@H]2CC[C@@H]3CN2C(=O)N3OCc2ccccc2)CCN1C(=O)O. The second-order valence-corrected chi connectivity index (χ2v) is 10.8. The third kappa shape index (κ3) is 5.40. The smallest absolute Gasteiger partial charge is 0.407 e. The van der Waals surface area contributed by atoms with Crippen LogP contribution in [0.1, 0.15) is 52.0 Å². The van der Waals surface area contributed by atoms with Gasteiger partial charge in [0, 0.05) is 25.0 Å². The summed E-state index contributed by atoms with van der Waals surface area (Å²) in [6.07, 6.45) is 0.844. The second-order valence-electron chi connectivity index (χ2n) is 10.8. The van der Waals surface area contributed by atoms with Gasteiger partial charge < -0.3 is 14.9 Å². The van der Waals surface area contributed by atoms with Gasteiger partial charge >= 0.3 is 12.1 Å². The summed E-state index contributed by atoms with van der Waals surface area (Å²) < 4.78 is 0. The number of amides is 5. The van der Waals surface area contributed by atoms with Gasteiger partial charge in [0.25, 0.3) is 5.91 Å². The molecular weight excluding hydrogens is 466 g/mol. The largest absolute Gasteiger partial charge is 0.465 e. The molecule has 3 aliphatic rings. The summed E-state index contributed by atoms with van der Waals surface area (Å²) in [5, 5.41) is 10.9. The molecule has 3 N–H and O–H groups in total. The molecule has 2 unspecified atom stereocenters. The van der Waals surface area contributed by atoms with Crippen molar-refractivity contribution in [1.82, 2.24) is 25.7 Å². The number of hydroxylamine groups is 2. The Morgan fingerprint density at radius 1 is 1.06 bits per heavy atom. The molecule has 1 aromatic carbocycles. The zero-order valence-electron chi connectivity index (χ0n) is 21.0. The highest BCUT2D eigenvalue weighted by atomic mass is 16.7. The summed E-state index contributed by atoms with van der Waals surface area (Å²) >= 11 is 0. The summed E-state index contributed by atoms with van der Waals surface area (Å²) in [5.41, 5.74) is 5.62. The first kappa shape index (κ1) is 25.7. The fourth-order valence-electron chi connectivity index (χ4n) is 5.35. The van der Waals surface area contributed by atoms with Crippen LogP contribution in [0.3, 0.4) is 0 Å². The van der Waals surface area contributed by atoms with E-state index in [-0.39, 0.29) is 42.6 Å². The molecular formula is C25H35N5O6. The summed E-state index contributed by atoms with van der Waals surface area (Å²) in [5.74, 6) is -1.22. The molecule has 3 heterocycles. The van der Waals surface area contributed by atoms with Gasteiger partial charge in [-0.05, 0) is 36.7 Å². The molecule has 3 saturated heterocycles. The Labute approximate surface area is 210 Å². The third-order valence-corrected chi connectivity index (χ3v) is 7.37. The number of carbonyl (C=O) groups is 4. The number of hydrazine groups is 1. The van der Waals surface area contributed by atoms with Crippen LogP contribution in [0.25, 0.3) is 0 Å². The van der Waals surface area contributed by atoms with E-state index in [1.54, 1.807) is 0 Å². The maximum absolute atomic E-state index is 12.9. The van der Waals surface area contributed by atoms with Crippen LogP contribution in [-0.4, -0.2) is 75.1 Å². The van der Waals surface area contributed by atoms with E-state index in [1.165, 1.54) is 14.9 Å². The Morgan fingerprint density at radius 3 is 2.42 bits per heavy atom. The summed E-state index contributed by atoms with van der Waals surface area (Å²) in [7, 11) is 0. The van der Waals surface area contributed by atoms with Crippen molar-refractivity contribution in [1.29, 1.82) is 0 Å². The molecule has 0 aliphatic carbocycles. The topological polar surface area (TPSA) is 132 Å². The van der Waals surface area contributed by atoms with Gasteiger partial charge in [0.15, 0.2) is 0 Å². The molecule has 3 fully saturated rings. The van der Waals surface area contributed by atoms with Gasteiger partial charge in [0.1, 0.15) is 12.6 Å². The average Bonchev–Trinajstić information content (AvgIpc) is 3.09. The molecule has 5 amide bonds. The number of likely N-dealkylation sites (tertiary alicyclic amines) is 1. The summed E-state index contributed by atoms with van der Waals surface area (Å²) in [4.78, 5) is 59.0. The number of carbonyl (C=O) groups excluding carboxylic acids is 3. The molecule has 36 heavy (non-hydrogen) atoms. The minimum Gasteiger partial charge on any atom is -0.465 e. The van der Waals surface area contributed by atoms with Crippen molar-refractivity contribution in [2.24, 2.45) is 11.3 Å². The highest BCUT2D eigenvalue weighted by molar-refractivity contribution is 5.90. The number of nitrogens with zero attached hydrogens (tertiary/aromatic N) is 3. The van der Waals surface area contributed by atoms with E-state index in [0.29, 0.717) is 32.2 Å². The van der Waals surface area contributed by atoms with Crippen molar-refractivity contribution in [3.05, 3.63) is 35.9 Å². The van der Waals surface area contributed by atoms with Crippen LogP contribution in [0.15, 0.2) is 30.3 Å². The quantitative estimate of drug-likeness (QED) is 0.531. The Morgan fingerprint density at radius 2 is 1.75 bits per heavy atom. The van der Waals surface area contributed by atoms with Crippen LogP contribution in [0, 0.1) is 11.3 Å². The summed E-state index contributed by atoms with van der Waals surface area (Å²) in [6.45, 7) is 6.76. The van der Waals surface area contributed by atoms with Gasteiger partial charge in [-0.15, -0.1) is 0 Å². The van der Waals surface area contributed by atoms with Crippen molar-refractivity contribution in [2.45, 2.75) is 71.2 Å². The predicted molar refractivity (Wildman–Crippen MR) is 129 cm³/mol. The number of rotatable bonds is 5. The molecule has 196 valence electrons. The van der Waals surface area contributed by atoms with Crippen molar-refractivity contribution < 1.29 is 29.1 Å². The zero-order chi connectivity index (χ0) is 26.0. The maximum Gasteiger partial charge on any atom is 0.407 e. The normalized spacial score (nSPS) is 26.1. The molecule has 0 radical (unpaired) electrons. The van der Waals surface area contributed by atoms with Gasteiger partial charge in [-0.3, -0.25) is 25.3 Å². The summed E-state index contributed by atoms with van der Waals surface area (Å²) in [6, 6.07) is 8.07. The number of hydrogen-bond acceptors (Lipinski definition) is 5. The number of hydrogen-bond donors (Lipinski definition) is 3. The number of urea groups is 1. The van der Waals surface area contributed by atoms with E-state index in [4.69, 9.17) is 4.84 Å². The van der Waals surface area contributed by atoms with Crippen LogP contribution in [0.4, 0.5) is 9.59 Å². The van der Waals surface area contributed by atoms with E-state index < -0.39 is 24.0 Å². The monoisotopic (exact) mass is 501 g/mol. The minimum absolute atomic E-state index is 0.117. The molecule has 0 spiro atoms. The first-order chi connectivity index (χ1) is 17.1. The number of benzene rings is 1. The molecule has 4 atom stereocenters. The number of fused-ring (bicyclic) bond motifs is 2. The molecule has 11 heteroatoms. The van der Waals surface area contributed by atoms with Gasteiger partial charge in [-0.2, -0.15) is 5.06 Å². The molecule has 0 aromatic heterocycles. The van der Waals surface area contributed by atoms with Gasteiger partial charge in [0.2, 0.25) is 5.91 Å². The lowest BCUT2D eigenvalue weighted by Gasteiger charge is -2.44. The van der Waals surface area contributed by atoms with Crippen LogP contribution >= 0.6 is 0 Å². The van der Waals surface area contributed by atoms with E-state index in [2.05, 4.69) is 10.9 Å². The average molecular weight is 502 g/mol. The van der Waals surface area contributed by atoms with Crippen molar-refractivity contribution in [2.75, 3.05) is 13.1 Å². The highest BCUT2D eigenvalue weighted by Gasteiger charge is 2.48. The zero-order valence-corrected chi connectivity index (χ0v) is 21.0. The molecule has 3 aliphatic heterocycles. The lowest BCUT2D eigenvalue weighted by molar-refractivity contribution is -0.140. The van der Waals surface area contributed by atoms with Crippen molar-refractivity contribution >= 4 is 23.9 Å². The number of nitrogens with one attached hydrogen (secondary N) is 2. The molecule has 4 rings (SSSR count). The van der Waals surface area contributed by atoms with Crippen LogP contribution in [-0.2, 0) is 21.0 Å². The standard InChI is InChI=1S/C25H35N5O6/c1-25(2,3)20-13-17(11-12-28(20)24(34)35)21(31)26-27-22(32)19-10-9-18-14-29(19)23(33)30(18)36-15-16-7-5-4-6-8-16/h4-8,17-20H,9-15H2,1-3H3,(H,26,31)(H,27,32)(H,34,35)/t17?,18-,19+,20?/m1/s1. The van der Waals surface area contributed by atoms with E-state index in [9.17, 15) is 24.3 Å². The highest BCUT2D eigenvalue weighted by Crippen LogP contribution is 2.35. The third-order valence-electron chi connectivity index (χ3n) is 7.37. The van der Waals surface area contributed by atoms with E-state index >= 15 is 0 Å². The molecule has 11 nitrogen and oxygen atoms in total. The lowest BCUT2D eigenvalue weighted by atomic mass is 9.77. The second kappa shape index (κ2) is 10.3. The predicted octanol–water partition coefficient (Wildman–Crippen LogP) is 2.34. The first-order valence-corrected chi connectivity index (χ1v) is 12.4. The Bertz CT molecular complexity index is 996. The maximum atomic E-state index is 12.9. The minimum atomic E-state index is -0.991. The van der Waals surface area contributed by atoms with Crippen molar-refractivity contribution in [3.8, 4) is 0 Å². The van der Waals surface area contributed by atoms with Crippen LogP contribution in [0.5, 0.6) is 0 Å².